The Hall–Kier alpha value is -5.28. The van der Waals surface area contributed by atoms with Crippen LogP contribution in [0.5, 0.6) is 0 Å². The van der Waals surface area contributed by atoms with Crippen LogP contribution in [-0.2, 0) is 0 Å². The van der Waals surface area contributed by atoms with E-state index < -0.39 is 0 Å². The minimum Gasteiger partial charge on any atom is -0.456 e. The zero-order valence-electron chi connectivity index (χ0n) is 21.0. The maximum atomic E-state index is 6.13. The molecule has 0 atom stereocenters. The number of benzene rings is 6. The Balaban J connectivity index is 1.41. The standard InChI is InChI=1S/C36H22N2O/c1-2-10-25(11-3-1)37-31-15-7-8-16-32(31)38-30-14-6-4-12-26(30)29-21-24(22-33(37)36(29)38)23-18-19-35-28(20-23)27-13-5-9-17-34(27)39-35/h1-22H. The summed E-state index contributed by atoms with van der Waals surface area (Å²) in [4.78, 5) is 2.41. The Morgan fingerprint density at radius 1 is 0.436 bits per heavy atom. The molecule has 0 radical (unpaired) electrons. The molecule has 0 saturated heterocycles. The van der Waals surface area contributed by atoms with Gasteiger partial charge in [-0.3, -0.25) is 0 Å². The number of nitrogens with zero attached hydrogens (tertiary/aromatic N) is 2. The summed E-state index contributed by atoms with van der Waals surface area (Å²) in [7, 11) is 0. The maximum absolute atomic E-state index is 6.13. The number of para-hydroxylation sites is 5. The molecule has 1 aliphatic heterocycles. The minimum atomic E-state index is 0.916. The van der Waals surface area contributed by atoms with E-state index in [4.69, 9.17) is 4.42 Å². The molecule has 0 spiro atoms. The van der Waals surface area contributed by atoms with Crippen molar-refractivity contribution in [1.82, 2.24) is 4.57 Å². The Bertz CT molecular complexity index is 2240. The summed E-state index contributed by atoms with van der Waals surface area (Å²) in [5, 5.41) is 4.80. The van der Waals surface area contributed by atoms with E-state index >= 15 is 0 Å². The van der Waals surface area contributed by atoms with Gasteiger partial charge < -0.3 is 13.9 Å². The number of fused-ring (bicyclic) bond motifs is 8. The molecule has 0 saturated carbocycles. The van der Waals surface area contributed by atoms with Crippen LogP contribution >= 0.6 is 0 Å². The van der Waals surface area contributed by atoms with Crippen LogP contribution in [0.15, 0.2) is 138 Å². The number of furan rings is 1. The van der Waals surface area contributed by atoms with Gasteiger partial charge in [-0.1, -0.05) is 72.8 Å². The normalized spacial score (nSPS) is 12.6. The molecule has 8 aromatic rings. The molecule has 3 nitrogen and oxygen atoms in total. The number of hydrogen-bond acceptors (Lipinski definition) is 2. The van der Waals surface area contributed by atoms with E-state index in [1.54, 1.807) is 0 Å². The number of hydrogen-bond donors (Lipinski definition) is 0. The van der Waals surface area contributed by atoms with Gasteiger partial charge >= 0.3 is 0 Å². The first-order chi connectivity index (χ1) is 19.3. The van der Waals surface area contributed by atoms with Gasteiger partial charge in [-0.15, -0.1) is 0 Å². The topological polar surface area (TPSA) is 21.3 Å². The molecule has 9 rings (SSSR count). The van der Waals surface area contributed by atoms with E-state index in [0.717, 1.165) is 27.6 Å². The summed E-state index contributed by atoms with van der Waals surface area (Å²) in [5.41, 5.74) is 11.4. The Morgan fingerprint density at radius 2 is 1.13 bits per heavy atom. The molecule has 0 N–H and O–H groups in total. The number of aromatic nitrogens is 1. The molecule has 3 heterocycles. The molecule has 0 bridgehead atoms. The highest BCUT2D eigenvalue weighted by atomic mass is 16.3. The van der Waals surface area contributed by atoms with Gasteiger partial charge in [-0.25, -0.2) is 0 Å². The molecule has 0 fully saturated rings. The van der Waals surface area contributed by atoms with Gasteiger partial charge in [0.15, 0.2) is 0 Å². The molecule has 1 aliphatic rings. The fourth-order valence-electron chi connectivity index (χ4n) is 6.40. The maximum Gasteiger partial charge on any atom is 0.135 e. The van der Waals surface area contributed by atoms with Gasteiger partial charge in [0.2, 0.25) is 0 Å². The molecule has 0 unspecified atom stereocenters. The smallest absolute Gasteiger partial charge is 0.135 e. The third-order valence-electron chi connectivity index (χ3n) is 8.08. The van der Waals surface area contributed by atoms with Crippen LogP contribution < -0.4 is 4.90 Å². The number of rotatable bonds is 2. The van der Waals surface area contributed by atoms with Crippen molar-refractivity contribution < 1.29 is 4.42 Å². The van der Waals surface area contributed by atoms with Crippen LogP contribution in [0.4, 0.5) is 17.1 Å². The Morgan fingerprint density at radius 3 is 2.03 bits per heavy atom. The van der Waals surface area contributed by atoms with Gasteiger partial charge in [0, 0.05) is 27.2 Å². The van der Waals surface area contributed by atoms with Crippen molar-refractivity contribution in [3.63, 3.8) is 0 Å². The molecular formula is C36H22N2O. The van der Waals surface area contributed by atoms with Crippen LogP contribution in [0.3, 0.4) is 0 Å². The van der Waals surface area contributed by atoms with Crippen LogP contribution in [0.2, 0.25) is 0 Å². The fraction of sp³-hybridized carbons (Fsp3) is 0. The molecule has 3 heteroatoms. The summed E-state index contributed by atoms with van der Waals surface area (Å²) < 4.78 is 8.57. The van der Waals surface area contributed by atoms with E-state index in [2.05, 4.69) is 131 Å². The van der Waals surface area contributed by atoms with Crippen molar-refractivity contribution in [3.8, 4) is 16.8 Å². The van der Waals surface area contributed by atoms with Crippen LogP contribution in [0.25, 0.3) is 60.6 Å². The predicted octanol–water partition coefficient (Wildman–Crippen LogP) is 10.1. The van der Waals surface area contributed by atoms with E-state index in [1.807, 2.05) is 12.1 Å². The van der Waals surface area contributed by atoms with E-state index in [0.29, 0.717) is 0 Å². The monoisotopic (exact) mass is 498 g/mol. The SMILES string of the molecule is c1ccc(N2c3ccccc3-n3c4ccccc4c4cc(-c5ccc6oc7ccccc7c6c5)cc2c43)cc1. The highest BCUT2D eigenvalue weighted by Crippen LogP contribution is 2.51. The first-order valence-corrected chi connectivity index (χ1v) is 13.3. The molecule has 6 aromatic carbocycles. The molecule has 39 heavy (non-hydrogen) atoms. The first kappa shape index (κ1) is 20.7. The zero-order chi connectivity index (χ0) is 25.5. The quantitative estimate of drug-likeness (QED) is 0.236. The second kappa shape index (κ2) is 7.62. The second-order valence-corrected chi connectivity index (χ2v) is 10.2. The van der Waals surface area contributed by atoms with Crippen LogP contribution in [0, 0.1) is 0 Å². The van der Waals surface area contributed by atoms with E-state index in [-0.39, 0.29) is 0 Å². The summed E-state index contributed by atoms with van der Waals surface area (Å²) >= 11 is 0. The molecular weight excluding hydrogens is 476 g/mol. The van der Waals surface area contributed by atoms with Gasteiger partial charge in [0.25, 0.3) is 0 Å². The third-order valence-corrected chi connectivity index (χ3v) is 8.08. The Kier molecular flexibility index (Phi) is 4.05. The fourth-order valence-corrected chi connectivity index (χ4v) is 6.40. The van der Waals surface area contributed by atoms with Crippen molar-refractivity contribution in [1.29, 1.82) is 0 Å². The van der Waals surface area contributed by atoms with Crippen molar-refractivity contribution in [2.24, 2.45) is 0 Å². The Labute approximate surface area is 224 Å². The highest BCUT2D eigenvalue weighted by Gasteiger charge is 2.29. The molecule has 2 aromatic heterocycles. The average Bonchev–Trinajstić information content (AvgIpc) is 3.54. The lowest BCUT2D eigenvalue weighted by molar-refractivity contribution is 0.669. The lowest BCUT2D eigenvalue weighted by Crippen LogP contribution is -2.18. The first-order valence-electron chi connectivity index (χ1n) is 13.3. The summed E-state index contributed by atoms with van der Waals surface area (Å²) in [6.07, 6.45) is 0. The zero-order valence-corrected chi connectivity index (χ0v) is 21.0. The van der Waals surface area contributed by atoms with Gasteiger partial charge in [-0.05, 0) is 71.8 Å². The summed E-state index contributed by atoms with van der Waals surface area (Å²) in [5.74, 6) is 0. The average molecular weight is 499 g/mol. The molecule has 182 valence electrons. The lowest BCUT2D eigenvalue weighted by atomic mass is 9.98. The van der Waals surface area contributed by atoms with Crippen molar-refractivity contribution in [2.75, 3.05) is 4.90 Å². The van der Waals surface area contributed by atoms with Crippen LogP contribution in [0.1, 0.15) is 0 Å². The lowest BCUT2D eigenvalue weighted by Gasteiger charge is -2.33. The molecule has 0 aliphatic carbocycles. The molecule has 0 amide bonds. The van der Waals surface area contributed by atoms with Gasteiger partial charge in [0.05, 0.1) is 28.1 Å². The van der Waals surface area contributed by atoms with E-state index in [9.17, 15) is 0 Å². The van der Waals surface area contributed by atoms with Gasteiger partial charge in [-0.2, -0.15) is 0 Å². The summed E-state index contributed by atoms with van der Waals surface area (Å²) in [6.45, 7) is 0. The predicted molar refractivity (Wildman–Crippen MR) is 162 cm³/mol. The summed E-state index contributed by atoms with van der Waals surface area (Å²) in [6, 6.07) is 47.7. The number of anilines is 3. The largest absolute Gasteiger partial charge is 0.456 e. The van der Waals surface area contributed by atoms with Gasteiger partial charge in [0.1, 0.15) is 11.2 Å². The second-order valence-electron chi connectivity index (χ2n) is 10.2. The van der Waals surface area contributed by atoms with Crippen molar-refractivity contribution >= 4 is 60.8 Å². The van der Waals surface area contributed by atoms with E-state index in [1.165, 1.54) is 50.0 Å². The third kappa shape index (κ3) is 2.82. The highest BCUT2D eigenvalue weighted by molar-refractivity contribution is 6.18. The van der Waals surface area contributed by atoms with Crippen molar-refractivity contribution in [3.05, 3.63) is 133 Å². The minimum absolute atomic E-state index is 0.916. The van der Waals surface area contributed by atoms with Crippen LogP contribution in [-0.4, -0.2) is 4.57 Å². The van der Waals surface area contributed by atoms with Crippen molar-refractivity contribution in [2.45, 2.75) is 0 Å².